The number of aliphatic hydroxyl groups is 1. The van der Waals surface area contributed by atoms with Gasteiger partial charge in [-0.05, 0) is 43.5 Å². The highest BCUT2D eigenvalue weighted by Crippen LogP contribution is 2.36. The first-order chi connectivity index (χ1) is 9.61. The van der Waals surface area contributed by atoms with Crippen LogP contribution in [0.1, 0.15) is 29.6 Å². The van der Waals surface area contributed by atoms with Gasteiger partial charge in [0.25, 0.3) is 5.91 Å². The smallest absolute Gasteiger partial charge is 0.253 e. The molecule has 1 aromatic rings. The van der Waals surface area contributed by atoms with Crippen molar-refractivity contribution in [3.63, 3.8) is 0 Å². The van der Waals surface area contributed by atoms with Crippen molar-refractivity contribution in [2.24, 2.45) is 0 Å². The van der Waals surface area contributed by atoms with Gasteiger partial charge in [-0.25, -0.2) is 4.39 Å². The summed E-state index contributed by atoms with van der Waals surface area (Å²) in [5.41, 5.74) is -0.0126. The van der Waals surface area contributed by atoms with E-state index in [9.17, 15) is 14.3 Å². The standard InChI is InChI=1S/C15H18FNO3/c16-12-4-2-11(3-5-12)14(19)17-8-7-15(13(18)10-17)6-1-9-20-15/h2-5,13,18H,1,6-10H2/t13-,15-/m0/s1. The molecule has 0 saturated carbocycles. The predicted molar refractivity (Wildman–Crippen MR) is 70.8 cm³/mol. The van der Waals surface area contributed by atoms with Crippen molar-refractivity contribution in [3.05, 3.63) is 35.6 Å². The van der Waals surface area contributed by atoms with Crippen molar-refractivity contribution in [2.75, 3.05) is 19.7 Å². The summed E-state index contributed by atoms with van der Waals surface area (Å²) < 4.78 is 18.6. The molecule has 2 saturated heterocycles. The average Bonchev–Trinajstić information content (AvgIpc) is 2.92. The van der Waals surface area contributed by atoms with Gasteiger partial charge in [0.1, 0.15) is 11.9 Å². The van der Waals surface area contributed by atoms with Gasteiger partial charge in [-0.15, -0.1) is 0 Å². The number of hydrogen-bond acceptors (Lipinski definition) is 3. The lowest BCUT2D eigenvalue weighted by Crippen LogP contribution is -2.56. The minimum atomic E-state index is -0.650. The molecule has 1 spiro atoms. The average molecular weight is 279 g/mol. The fourth-order valence-electron chi connectivity index (χ4n) is 3.10. The summed E-state index contributed by atoms with van der Waals surface area (Å²) in [7, 11) is 0. The number of likely N-dealkylation sites (tertiary alicyclic amines) is 1. The number of benzene rings is 1. The van der Waals surface area contributed by atoms with Crippen LogP contribution in [0.15, 0.2) is 24.3 Å². The molecule has 5 heteroatoms. The Hall–Kier alpha value is -1.46. The van der Waals surface area contributed by atoms with Gasteiger partial charge in [0.2, 0.25) is 0 Å². The molecule has 1 N–H and O–H groups in total. The third kappa shape index (κ3) is 2.31. The Morgan fingerprint density at radius 2 is 2.10 bits per heavy atom. The van der Waals surface area contributed by atoms with Crippen molar-refractivity contribution in [2.45, 2.75) is 31.0 Å². The minimum Gasteiger partial charge on any atom is -0.388 e. The normalized spacial score (nSPS) is 29.9. The molecule has 2 fully saturated rings. The van der Waals surface area contributed by atoms with E-state index < -0.39 is 11.7 Å². The number of amides is 1. The zero-order chi connectivity index (χ0) is 14.2. The summed E-state index contributed by atoms with van der Waals surface area (Å²) in [6.45, 7) is 1.52. The molecule has 0 bridgehead atoms. The van der Waals surface area contributed by atoms with Crippen LogP contribution in [0.3, 0.4) is 0 Å². The van der Waals surface area contributed by atoms with E-state index in [2.05, 4.69) is 0 Å². The Balaban J connectivity index is 1.70. The van der Waals surface area contributed by atoms with Gasteiger partial charge in [-0.3, -0.25) is 4.79 Å². The number of halogens is 1. The lowest BCUT2D eigenvalue weighted by molar-refractivity contribution is -0.122. The molecule has 4 nitrogen and oxygen atoms in total. The minimum absolute atomic E-state index is 0.170. The second kappa shape index (κ2) is 5.14. The molecule has 20 heavy (non-hydrogen) atoms. The fraction of sp³-hybridized carbons (Fsp3) is 0.533. The molecule has 2 aliphatic rings. The van der Waals surface area contributed by atoms with Gasteiger partial charge >= 0.3 is 0 Å². The van der Waals surface area contributed by atoms with Crippen molar-refractivity contribution in [3.8, 4) is 0 Å². The summed E-state index contributed by atoms with van der Waals surface area (Å²) in [5, 5.41) is 10.3. The number of ether oxygens (including phenoxy) is 1. The number of aliphatic hydroxyl groups excluding tert-OH is 1. The van der Waals surface area contributed by atoms with Crippen LogP contribution in [0.2, 0.25) is 0 Å². The molecular weight excluding hydrogens is 261 g/mol. The first-order valence-corrected chi connectivity index (χ1v) is 6.98. The third-order valence-corrected chi connectivity index (χ3v) is 4.32. The lowest BCUT2D eigenvalue weighted by atomic mass is 9.86. The van der Waals surface area contributed by atoms with Crippen molar-refractivity contribution in [1.29, 1.82) is 0 Å². The van der Waals surface area contributed by atoms with Crippen LogP contribution in [0, 0.1) is 5.82 Å². The Labute approximate surface area is 117 Å². The number of β-amino-alcohol motifs (C(OH)–C–C–N with tert-alkyl or cyclic N) is 1. The van der Waals surface area contributed by atoms with Gasteiger partial charge in [-0.2, -0.15) is 0 Å². The summed E-state index contributed by atoms with van der Waals surface area (Å²) in [6.07, 6.45) is 1.82. The van der Waals surface area contributed by atoms with Crippen LogP contribution in [0.4, 0.5) is 4.39 Å². The second-order valence-corrected chi connectivity index (χ2v) is 5.54. The maximum atomic E-state index is 12.9. The van der Waals surface area contributed by atoms with E-state index in [1.54, 1.807) is 4.90 Å². The molecule has 0 unspecified atom stereocenters. The van der Waals surface area contributed by atoms with Gasteiger partial charge in [0.05, 0.1) is 5.60 Å². The van der Waals surface area contributed by atoms with E-state index >= 15 is 0 Å². The van der Waals surface area contributed by atoms with E-state index in [1.807, 2.05) is 0 Å². The van der Waals surface area contributed by atoms with E-state index in [4.69, 9.17) is 4.74 Å². The third-order valence-electron chi connectivity index (χ3n) is 4.32. The second-order valence-electron chi connectivity index (χ2n) is 5.54. The van der Waals surface area contributed by atoms with Gasteiger partial charge in [0, 0.05) is 25.3 Å². The van der Waals surface area contributed by atoms with Crippen LogP contribution in [0.25, 0.3) is 0 Å². The number of nitrogens with zero attached hydrogens (tertiary/aromatic N) is 1. The molecule has 3 rings (SSSR count). The number of carbonyl (C=O) groups excluding carboxylic acids is 1. The first kappa shape index (κ1) is 13.5. The van der Waals surface area contributed by atoms with Crippen LogP contribution in [-0.4, -0.2) is 47.3 Å². The van der Waals surface area contributed by atoms with E-state index in [1.165, 1.54) is 24.3 Å². The Kier molecular flexibility index (Phi) is 3.48. The Morgan fingerprint density at radius 1 is 1.35 bits per heavy atom. The largest absolute Gasteiger partial charge is 0.388 e. The van der Waals surface area contributed by atoms with E-state index in [0.29, 0.717) is 25.1 Å². The van der Waals surface area contributed by atoms with Crippen LogP contribution in [0.5, 0.6) is 0 Å². The monoisotopic (exact) mass is 279 g/mol. The topological polar surface area (TPSA) is 49.8 Å². The number of rotatable bonds is 1. The van der Waals surface area contributed by atoms with Crippen molar-refractivity contribution in [1.82, 2.24) is 4.90 Å². The van der Waals surface area contributed by atoms with Crippen LogP contribution in [-0.2, 0) is 4.74 Å². The number of hydrogen-bond donors (Lipinski definition) is 1. The molecule has 1 aromatic carbocycles. The summed E-state index contributed by atoms with van der Waals surface area (Å²) in [5.74, 6) is -0.532. The predicted octanol–water partition coefficient (Wildman–Crippen LogP) is 1.58. The van der Waals surface area contributed by atoms with Gasteiger partial charge in [0.15, 0.2) is 0 Å². The summed E-state index contributed by atoms with van der Waals surface area (Å²) in [6, 6.07) is 5.49. The first-order valence-electron chi connectivity index (χ1n) is 6.98. The Bertz CT molecular complexity index is 496. The number of carbonyl (C=O) groups is 1. The molecule has 0 radical (unpaired) electrons. The fourth-order valence-corrected chi connectivity index (χ4v) is 3.10. The maximum absolute atomic E-state index is 12.9. The highest BCUT2D eigenvalue weighted by molar-refractivity contribution is 5.94. The quantitative estimate of drug-likeness (QED) is 0.849. The molecule has 1 amide bonds. The van der Waals surface area contributed by atoms with Crippen molar-refractivity contribution >= 4 is 5.91 Å². The molecule has 108 valence electrons. The zero-order valence-corrected chi connectivity index (χ0v) is 11.2. The Morgan fingerprint density at radius 3 is 2.70 bits per heavy atom. The maximum Gasteiger partial charge on any atom is 0.253 e. The molecule has 0 aliphatic carbocycles. The van der Waals surface area contributed by atoms with Crippen LogP contribution >= 0.6 is 0 Å². The SMILES string of the molecule is O=C(c1ccc(F)cc1)N1CC[C@@]2(CCCO2)[C@@H](O)C1. The lowest BCUT2D eigenvalue weighted by Gasteiger charge is -2.42. The summed E-state index contributed by atoms with van der Waals surface area (Å²) in [4.78, 5) is 13.9. The van der Waals surface area contributed by atoms with Gasteiger partial charge < -0.3 is 14.7 Å². The highest BCUT2D eigenvalue weighted by Gasteiger charge is 2.46. The molecular formula is C15H18FNO3. The van der Waals surface area contributed by atoms with Gasteiger partial charge in [-0.1, -0.05) is 0 Å². The number of piperidine rings is 1. The van der Waals surface area contributed by atoms with E-state index in [0.717, 1.165) is 12.8 Å². The van der Waals surface area contributed by atoms with Crippen LogP contribution < -0.4 is 0 Å². The molecule has 2 atom stereocenters. The molecule has 2 aliphatic heterocycles. The van der Waals surface area contributed by atoms with E-state index in [-0.39, 0.29) is 18.3 Å². The molecule has 2 heterocycles. The van der Waals surface area contributed by atoms with Crippen molar-refractivity contribution < 1.29 is 19.0 Å². The summed E-state index contributed by atoms with van der Waals surface area (Å²) >= 11 is 0. The highest BCUT2D eigenvalue weighted by atomic mass is 19.1. The molecule has 0 aromatic heterocycles. The zero-order valence-electron chi connectivity index (χ0n) is 11.2.